The van der Waals surface area contributed by atoms with Crippen LogP contribution in [0.15, 0.2) is 60.8 Å². The predicted molar refractivity (Wildman–Crippen MR) is 103 cm³/mol. The molecule has 1 heterocycles. The number of benzene rings is 2. The maximum atomic E-state index is 12.4. The molecule has 2 N–H and O–H groups in total. The van der Waals surface area contributed by atoms with Gasteiger partial charge in [-0.3, -0.25) is 24.5 Å². The summed E-state index contributed by atoms with van der Waals surface area (Å²) >= 11 is 0. The van der Waals surface area contributed by atoms with E-state index in [1.807, 2.05) is 0 Å². The van der Waals surface area contributed by atoms with Gasteiger partial charge >= 0.3 is 17.9 Å². The van der Waals surface area contributed by atoms with Crippen LogP contribution in [0.25, 0.3) is 10.9 Å². The van der Waals surface area contributed by atoms with E-state index in [0.29, 0.717) is 10.9 Å². The van der Waals surface area contributed by atoms with Crippen molar-refractivity contribution >= 4 is 34.5 Å². The molecule has 0 aliphatic rings. The summed E-state index contributed by atoms with van der Waals surface area (Å²) in [6, 6.07) is 13.6. The lowest BCUT2D eigenvalue weighted by molar-refractivity contribution is -0.383. The molecule has 10 nitrogen and oxygen atoms in total. The van der Waals surface area contributed by atoms with Gasteiger partial charge in [-0.1, -0.05) is 42.5 Å². The van der Waals surface area contributed by atoms with Gasteiger partial charge in [0.25, 0.3) is 5.69 Å². The lowest BCUT2D eigenvalue weighted by atomic mass is 9.81. The molecule has 30 heavy (non-hydrogen) atoms. The van der Waals surface area contributed by atoms with Crippen LogP contribution < -0.4 is 0 Å². The second-order valence-corrected chi connectivity index (χ2v) is 6.46. The van der Waals surface area contributed by atoms with Crippen molar-refractivity contribution < 1.29 is 34.3 Å². The lowest BCUT2D eigenvalue weighted by Gasteiger charge is -2.25. The van der Waals surface area contributed by atoms with Crippen LogP contribution in [0.3, 0.4) is 0 Å². The smallest absolute Gasteiger partial charge is 0.329 e. The first kappa shape index (κ1) is 20.5. The number of carbonyl (C=O) groups is 3. The van der Waals surface area contributed by atoms with Crippen LogP contribution in [0, 0.1) is 10.1 Å². The van der Waals surface area contributed by atoms with Crippen molar-refractivity contribution in [2.75, 3.05) is 6.61 Å². The number of aliphatic carboxylic acids is 2. The van der Waals surface area contributed by atoms with Gasteiger partial charge in [0.2, 0.25) is 5.41 Å². The van der Waals surface area contributed by atoms with E-state index in [9.17, 15) is 34.7 Å². The van der Waals surface area contributed by atoms with Crippen molar-refractivity contribution in [3.8, 4) is 0 Å². The Kier molecular flexibility index (Phi) is 5.50. The Labute approximate surface area is 169 Å². The minimum absolute atomic E-state index is 0.0557. The summed E-state index contributed by atoms with van der Waals surface area (Å²) in [6.45, 7) is -1.40. The molecule has 0 saturated heterocycles. The number of aromatic nitrogens is 1. The summed E-state index contributed by atoms with van der Waals surface area (Å²) < 4.78 is 6.31. The van der Waals surface area contributed by atoms with Gasteiger partial charge in [0.15, 0.2) is 0 Å². The molecule has 0 saturated carbocycles. The van der Waals surface area contributed by atoms with Crippen LogP contribution in [0.4, 0.5) is 5.69 Å². The molecular weight excluding hydrogens is 396 g/mol. The van der Waals surface area contributed by atoms with Crippen LogP contribution in [0.1, 0.15) is 5.56 Å². The fourth-order valence-electron chi connectivity index (χ4n) is 3.15. The lowest BCUT2D eigenvalue weighted by Crippen LogP contribution is -2.48. The van der Waals surface area contributed by atoms with E-state index in [1.54, 1.807) is 24.3 Å². The van der Waals surface area contributed by atoms with Gasteiger partial charge in [-0.15, -0.1) is 0 Å². The fraction of sp³-hybridized carbons (Fsp3) is 0.150. The van der Waals surface area contributed by atoms with E-state index in [0.717, 1.165) is 0 Å². The number of para-hydroxylation sites is 1. The molecule has 1 aromatic heterocycles. The molecule has 3 aromatic rings. The summed E-state index contributed by atoms with van der Waals surface area (Å²) in [5.74, 6) is -4.31. The second kappa shape index (κ2) is 8.03. The van der Waals surface area contributed by atoms with Crippen molar-refractivity contribution in [1.82, 2.24) is 4.57 Å². The van der Waals surface area contributed by atoms with Gasteiger partial charge in [-0.2, -0.15) is 0 Å². The molecule has 0 radical (unpaired) electrons. The van der Waals surface area contributed by atoms with Crippen molar-refractivity contribution in [3.63, 3.8) is 0 Å². The number of rotatable bonds is 8. The first-order valence-electron chi connectivity index (χ1n) is 8.67. The van der Waals surface area contributed by atoms with Gasteiger partial charge in [0.1, 0.15) is 13.2 Å². The number of hydrogen-bond acceptors (Lipinski definition) is 6. The number of nitro groups is 1. The average molecular weight is 412 g/mol. The van der Waals surface area contributed by atoms with E-state index in [2.05, 4.69) is 0 Å². The molecule has 0 aliphatic heterocycles. The molecule has 2 aromatic carbocycles. The minimum atomic E-state index is -2.48. The summed E-state index contributed by atoms with van der Waals surface area (Å²) in [5, 5.41) is 30.8. The average Bonchev–Trinajstić information content (AvgIpc) is 3.07. The van der Waals surface area contributed by atoms with Crippen LogP contribution in [-0.2, 0) is 31.1 Å². The van der Waals surface area contributed by atoms with Gasteiger partial charge in [0.05, 0.1) is 22.0 Å². The number of carboxylic acid groups (broad SMARTS) is 2. The highest BCUT2D eigenvalue weighted by Crippen LogP contribution is 2.28. The van der Waals surface area contributed by atoms with Gasteiger partial charge in [0, 0.05) is 0 Å². The third-order valence-corrected chi connectivity index (χ3v) is 4.71. The highest BCUT2D eigenvalue weighted by molar-refractivity contribution is 6.05. The third-order valence-electron chi connectivity index (χ3n) is 4.71. The summed E-state index contributed by atoms with van der Waals surface area (Å²) in [5.41, 5.74) is -2.33. The Bertz CT molecular complexity index is 1120. The van der Waals surface area contributed by atoms with Gasteiger partial charge < -0.3 is 19.5 Å². The molecule has 0 amide bonds. The molecule has 0 atom stereocenters. The number of hydrogen-bond donors (Lipinski definition) is 2. The Morgan fingerprint density at radius 1 is 1.00 bits per heavy atom. The van der Waals surface area contributed by atoms with Crippen LogP contribution in [-0.4, -0.2) is 44.2 Å². The Morgan fingerprint density at radius 3 is 2.20 bits per heavy atom. The fourth-order valence-corrected chi connectivity index (χ4v) is 3.15. The van der Waals surface area contributed by atoms with Crippen LogP contribution in [0.5, 0.6) is 0 Å². The van der Waals surface area contributed by atoms with E-state index >= 15 is 0 Å². The maximum absolute atomic E-state index is 12.4. The number of nitrogens with zero attached hydrogens (tertiary/aromatic N) is 2. The van der Waals surface area contributed by atoms with Crippen molar-refractivity contribution in [2.45, 2.75) is 12.0 Å². The summed E-state index contributed by atoms with van der Waals surface area (Å²) in [6.07, 6.45) is 1.17. The molecule has 0 spiro atoms. The number of esters is 1. The summed E-state index contributed by atoms with van der Waals surface area (Å²) in [7, 11) is 0. The Hall–Kier alpha value is -4.21. The molecule has 10 heteroatoms. The van der Waals surface area contributed by atoms with Gasteiger partial charge in [-0.05, 0) is 17.7 Å². The second-order valence-electron chi connectivity index (χ2n) is 6.46. The van der Waals surface area contributed by atoms with Gasteiger partial charge in [-0.25, -0.2) is 0 Å². The SMILES string of the molecule is O=C(Cn1cc([N+](=O)[O-])c2ccccc21)OCC(C(=O)O)(C(=O)O)c1ccccc1. The number of ether oxygens (including phenoxy) is 1. The maximum Gasteiger partial charge on any atom is 0.329 e. The van der Waals surface area contributed by atoms with E-state index in [1.165, 1.54) is 41.1 Å². The van der Waals surface area contributed by atoms with Crippen molar-refractivity contribution in [3.05, 3.63) is 76.5 Å². The largest absolute Gasteiger partial charge is 0.480 e. The van der Waals surface area contributed by atoms with Crippen molar-refractivity contribution in [1.29, 1.82) is 0 Å². The molecule has 0 unspecified atom stereocenters. The number of carboxylic acids is 2. The van der Waals surface area contributed by atoms with Crippen molar-refractivity contribution in [2.24, 2.45) is 0 Å². The van der Waals surface area contributed by atoms with E-state index in [4.69, 9.17) is 4.74 Å². The summed E-state index contributed by atoms with van der Waals surface area (Å²) in [4.78, 5) is 46.7. The monoisotopic (exact) mass is 412 g/mol. The highest BCUT2D eigenvalue weighted by Gasteiger charge is 2.50. The zero-order valence-corrected chi connectivity index (χ0v) is 15.4. The zero-order chi connectivity index (χ0) is 21.9. The van der Waals surface area contributed by atoms with E-state index in [-0.39, 0.29) is 11.3 Å². The topological polar surface area (TPSA) is 149 Å². The number of carbonyl (C=O) groups excluding carboxylic acids is 1. The molecule has 3 rings (SSSR count). The van der Waals surface area contributed by atoms with Crippen LogP contribution in [0.2, 0.25) is 0 Å². The minimum Gasteiger partial charge on any atom is -0.480 e. The number of fused-ring (bicyclic) bond motifs is 1. The Morgan fingerprint density at radius 2 is 1.60 bits per heavy atom. The standard InChI is InChI=1S/C20H16N2O8/c23-17(11-21-10-16(22(28)29)14-8-4-5-9-15(14)21)30-12-20(18(24)25,19(26)27)13-6-2-1-3-7-13/h1-10H,11-12H2,(H,24,25)(H,26,27). The normalized spacial score (nSPS) is 11.2. The molecular formula is C20H16N2O8. The zero-order valence-electron chi connectivity index (χ0n) is 15.4. The third kappa shape index (κ3) is 3.58. The Balaban J connectivity index is 1.86. The molecule has 0 fully saturated rings. The van der Waals surface area contributed by atoms with Crippen LogP contribution >= 0.6 is 0 Å². The molecule has 0 bridgehead atoms. The van der Waals surface area contributed by atoms with E-state index < -0.39 is 41.4 Å². The first-order valence-corrected chi connectivity index (χ1v) is 8.67. The highest BCUT2D eigenvalue weighted by atomic mass is 16.6. The molecule has 0 aliphatic carbocycles. The first-order chi connectivity index (χ1) is 14.3. The quantitative estimate of drug-likeness (QED) is 0.247. The predicted octanol–water partition coefficient (Wildman–Crippen LogP) is 2.20. The molecule has 154 valence electrons.